The van der Waals surface area contributed by atoms with Gasteiger partial charge in [-0.15, -0.1) is 0 Å². The van der Waals surface area contributed by atoms with Crippen molar-refractivity contribution in [3.8, 4) is 5.75 Å². The van der Waals surface area contributed by atoms with Gasteiger partial charge in [-0.05, 0) is 55.4 Å². The Morgan fingerprint density at radius 2 is 1.90 bits per heavy atom. The molecule has 0 aromatic heterocycles. The Labute approximate surface area is 194 Å². The summed E-state index contributed by atoms with van der Waals surface area (Å²) in [5, 5.41) is 0.366. The highest BCUT2D eigenvalue weighted by atomic mass is 35.5. The predicted molar refractivity (Wildman–Crippen MR) is 121 cm³/mol. The number of para-hydroxylation sites is 1. The first-order chi connectivity index (χ1) is 14.8. The van der Waals surface area contributed by atoms with Gasteiger partial charge in [0.05, 0.1) is 21.6 Å². The molecule has 0 radical (unpaired) electrons. The molecule has 0 bridgehead atoms. The summed E-state index contributed by atoms with van der Waals surface area (Å²) in [5.74, 6) is -0.648. The van der Waals surface area contributed by atoms with Gasteiger partial charge in [-0.1, -0.05) is 47.5 Å². The van der Waals surface area contributed by atoms with E-state index in [4.69, 9.17) is 32.7 Å². The normalized spacial score (nSPS) is 16.0. The number of amides is 2. The summed E-state index contributed by atoms with van der Waals surface area (Å²) >= 11 is 12.8. The molecule has 9 heteroatoms. The monoisotopic (exact) mass is 479 g/mol. The van der Waals surface area contributed by atoms with Gasteiger partial charge in [0.25, 0.3) is 11.1 Å². The minimum Gasteiger partial charge on any atom is -0.488 e. The van der Waals surface area contributed by atoms with Crippen molar-refractivity contribution < 1.29 is 23.9 Å². The lowest BCUT2D eigenvalue weighted by molar-refractivity contribution is -0.150. The average Bonchev–Trinajstić information content (AvgIpc) is 3.02. The first-order valence-corrected chi connectivity index (χ1v) is 11.0. The molecule has 1 saturated heterocycles. The molecule has 1 heterocycles. The molecule has 0 unspecified atom stereocenters. The molecule has 6 nitrogen and oxygen atoms in total. The maximum atomic E-state index is 12.8. The topological polar surface area (TPSA) is 72.9 Å². The number of imide groups is 1. The van der Waals surface area contributed by atoms with Crippen LogP contribution in [-0.2, 0) is 20.9 Å². The molecule has 1 aliphatic rings. The summed E-state index contributed by atoms with van der Waals surface area (Å²) in [6.45, 7) is 3.53. The smallest absolute Gasteiger partial charge is 0.329 e. The van der Waals surface area contributed by atoms with Crippen LogP contribution in [0.15, 0.2) is 47.4 Å². The van der Waals surface area contributed by atoms with Crippen molar-refractivity contribution in [2.75, 3.05) is 6.61 Å². The van der Waals surface area contributed by atoms with Crippen molar-refractivity contribution in [3.63, 3.8) is 0 Å². The van der Waals surface area contributed by atoms with Crippen molar-refractivity contribution >= 4 is 58.2 Å². The Balaban J connectivity index is 1.79. The maximum Gasteiger partial charge on any atom is 0.329 e. The number of carbonyl (C=O) groups excluding carboxylic acids is 3. The Kier molecular flexibility index (Phi) is 7.64. The van der Waals surface area contributed by atoms with E-state index < -0.39 is 23.2 Å². The van der Waals surface area contributed by atoms with Crippen molar-refractivity contribution in [2.45, 2.75) is 26.5 Å². The maximum absolute atomic E-state index is 12.8. The number of halogens is 2. The molecule has 0 saturated carbocycles. The van der Waals surface area contributed by atoms with E-state index in [1.54, 1.807) is 55.5 Å². The first-order valence-electron chi connectivity index (χ1n) is 9.41. The van der Waals surface area contributed by atoms with Gasteiger partial charge in [0.1, 0.15) is 18.4 Å². The van der Waals surface area contributed by atoms with Gasteiger partial charge in [-0.25, -0.2) is 4.79 Å². The van der Waals surface area contributed by atoms with Crippen LogP contribution in [0.3, 0.4) is 0 Å². The molecular weight excluding hydrogens is 461 g/mol. The van der Waals surface area contributed by atoms with Gasteiger partial charge in [0.15, 0.2) is 0 Å². The van der Waals surface area contributed by atoms with Gasteiger partial charge in [-0.3, -0.25) is 14.5 Å². The third kappa shape index (κ3) is 5.42. The molecule has 1 aliphatic heterocycles. The molecule has 1 atom stereocenters. The highest BCUT2D eigenvalue weighted by Crippen LogP contribution is 2.35. The van der Waals surface area contributed by atoms with E-state index in [1.807, 2.05) is 0 Å². The third-order valence-corrected chi connectivity index (χ3v) is 6.05. The Morgan fingerprint density at radius 1 is 1.16 bits per heavy atom. The summed E-state index contributed by atoms with van der Waals surface area (Å²) in [7, 11) is 0. The van der Waals surface area contributed by atoms with Gasteiger partial charge in [-0.2, -0.15) is 0 Å². The molecule has 0 spiro atoms. The van der Waals surface area contributed by atoms with Gasteiger partial charge < -0.3 is 9.47 Å². The Morgan fingerprint density at radius 3 is 2.61 bits per heavy atom. The number of ether oxygens (including phenoxy) is 2. The zero-order valence-corrected chi connectivity index (χ0v) is 19.1. The molecule has 31 heavy (non-hydrogen) atoms. The van der Waals surface area contributed by atoms with Crippen molar-refractivity contribution in [3.05, 3.63) is 68.5 Å². The third-order valence-electron chi connectivity index (χ3n) is 4.42. The van der Waals surface area contributed by atoms with Crippen LogP contribution >= 0.6 is 35.0 Å². The van der Waals surface area contributed by atoms with Gasteiger partial charge in [0.2, 0.25) is 0 Å². The van der Waals surface area contributed by atoms with Gasteiger partial charge >= 0.3 is 5.97 Å². The molecule has 2 aromatic rings. The van der Waals surface area contributed by atoms with Crippen molar-refractivity contribution in [1.82, 2.24) is 4.90 Å². The van der Waals surface area contributed by atoms with E-state index in [2.05, 4.69) is 0 Å². The number of nitrogens with zero attached hydrogens (tertiary/aromatic N) is 1. The SMILES string of the molecule is CCOC(=O)[C@H](C)N1C(=O)S/C(=C/c2ccccc2OCc2ccc(Cl)c(Cl)c2)C1=O. The van der Waals surface area contributed by atoms with Gasteiger partial charge in [0, 0.05) is 5.56 Å². The lowest BCUT2D eigenvalue weighted by Crippen LogP contribution is -2.42. The fourth-order valence-corrected chi connectivity index (χ4v) is 4.06. The number of carbonyl (C=O) groups is 3. The van der Waals surface area contributed by atoms with Crippen LogP contribution in [0, 0.1) is 0 Å². The largest absolute Gasteiger partial charge is 0.488 e. The first kappa shape index (κ1) is 23.2. The highest BCUT2D eigenvalue weighted by Gasteiger charge is 2.41. The highest BCUT2D eigenvalue weighted by molar-refractivity contribution is 8.18. The minimum atomic E-state index is -1.00. The van der Waals surface area contributed by atoms with Crippen molar-refractivity contribution in [1.29, 1.82) is 0 Å². The van der Waals surface area contributed by atoms with E-state index in [1.165, 1.54) is 6.92 Å². The van der Waals surface area contributed by atoms with Crippen LogP contribution in [-0.4, -0.2) is 34.7 Å². The number of rotatable bonds is 7. The number of esters is 1. The standard InChI is InChI=1S/C22H19Cl2NO5S/c1-3-29-21(27)13(2)25-20(26)19(31-22(25)28)11-15-6-4-5-7-18(15)30-12-14-8-9-16(23)17(24)10-14/h4-11,13H,3,12H2,1-2H3/b19-11+/t13-/m0/s1. The summed E-state index contributed by atoms with van der Waals surface area (Å²) in [6.07, 6.45) is 1.58. The van der Waals surface area contributed by atoms with Crippen LogP contribution < -0.4 is 4.74 Å². The second-order valence-corrected chi connectivity index (χ2v) is 8.36. The number of benzene rings is 2. The summed E-state index contributed by atoms with van der Waals surface area (Å²) < 4.78 is 10.8. The fourth-order valence-electron chi connectivity index (χ4n) is 2.84. The van der Waals surface area contributed by atoms with E-state index >= 15 is 0 Å². The number of thioether (sulfide) groups is 1. The van der Waals surface area contributed by atoms with Crippen LogP contribution in [0.1, 0.15) is 25.0 Å². The summed E-state index contributed by atoms with van der Waals surface area (Å²) in [5.41, 5.74) is 1.45. The average molecular weight is 480 g/mol. The lowest BCUT2D eigenvalue weighted by atomic mass is 10.1. The molecule has 3 rings (SSSR count). The molecule has 2 aromatic carbocycles. The fraction of sp³-hybridized carbons (Fsp3) is 0.227. The molecule has 0 aliphatic carbocycles. The molecule has 0 N–H and O–H groups in total. The van der Waals surface area contributed by atoms with Crippen LogP contribution in [0.2, 0.25) is 10.0 Å². The molecular formula is C22H19Cl2NO5S. The van der Waals surface area contributed by atoms with Crippen LogP contribution in [0.25, 0.3) is 6.08 Å². The van der Waals surface area contributed by atoms with E-state index in [9.17, 15) is 14.4 Å². The summed E-state index contributed by atoms with van der Waals surface area (Å²) in [6, 6.07) is 11.3. The Hall–Kier alpha value is -2.48. The van der Waals surface area contributed by atoms with Crippen LogP contribution in [0.5, 0.6) is 5.75 Å². The minimum absolute atomic E-state index is 0.165. The van der Waals surface area contributed by atoms with E-state index in [0.29, 0.717) is 21.4 Å². The zero-order chi connectivity index (χ0) is 22.5. The second-order valence-electron chi connectivity index (χ2n) is 6.55. The van der Waals surface area contributed by atoms with Crippen molar-refractivity contribution in [2.24, 2.45) is 0 Å². The molecule has 2 amide bonds. The quantitative estimate of drug-likeness (QED) is 0.382. The van der Waals surface area contributed by atoms with Crippen LogP contribution in [0.4, 0.5) is 4.79 Å². The summed E-state index contributed by atoms with van der Waals surface area (Å²) in [4.78, 5) is 38.2. The Bertz CT molecular complexity index is 1060. The lowest BCUT2D eigenvalue weighted by Gasteiger charge is -2.19. The molecule has 1 fully saturated rings. The van der Waals surface area contributed by atoms with E-state index in [-0.39, 0.29) is 18.1 Å². The number of hydrogen-bond acceptors (Lipinski definition) is 6. The van der Waals surface area contributed by atoms with E-state index in [0.717, 1.165) is 22.2 Å². The predicted octanol–water partition coefficient (Wildman–Crippen LogP) is 5.56. The second kappa shape index (κ2) is 10.2. The number of hydrogen-bond donors (Lipinski definition) is 0. The molecule has 162 valence electrons. The zero-order valence-electron chi connectivity index (χ0n) is 16.8.